The number of nitrogens with zero attached hydrogens (tertiary/aromatic N) is 1. The van der Waals surface area contributed by atoms with Gasteiger partial charge in [0.1, 0.15) is 23.9 Å². The topological polar surface area (TPSA) is 68.3 Å². The fourth-order valence-electron chi connectivity index (χ4n) is 4.37. The second-order valence-electron chi connectivity index (χ2n) is 7.68. The highest BCUT2D eigenvalue weighted by atomic mass is 35.5. The summed E-state index contributed by atoms with van der Waals surface area (Å²) in [5.74, 6) is -0.665. The molecule has 3 aliphatic rings. The van der Waals surface area contributed by atoms with Gasteiger partial charge in [0, 0.05) is 24.2 Å². The lowest BCUT2D eigenvalue weighted by atomic mass is 9.38. The zero-order valence-corrected chi connectivity index (χ0v) is 16.3. The molecule has 1 aromatic heterocycles. The highest BCUT2D eigenvalue weighted by Crippen LogP contribution is 2.69. The molecule has 5 rings (SSSR count). The Morgan fingerprint density at radius 2 is 1.93 bits per heavy atom. The summed E-state index contributed by atoms with van der Waals surface area (Å²) >= 11 is 11.6. The van der Waals surface area contributed by atoms with Crippen LogP contribution in [0.5, 0.6) is 5.75 Å². The fraction of sp³-hybridized carbons (Fsp3) is 0.350. The molecular formula is C20H17Cl2FN2O3. The van der Waals surface area contributed by atoms with Crippen molar-refractivity contribution in [3.8, 4) is 5.75 Å². The summed E-state index contributed by atoms with van der Waals surface area (Å²) in [4.78, 5) is 28.6. The van der Waals surface area contributed by atoms with Gasteiger partial charge in [-0.15, -0.1) is 0 Å². The molecule has 1 aromatic carbocycles. The van der Waals surface area contributed by atoms with Gasteiger partial charge in [0.25, 0.3) is 5.91 Å². The van der Waals surface area contributed by atoms with E-state index in [9.17, 15) is 14.0 Å². The molecule has 3 aliphatic carbocycles. The zero-order chi connectivity index (χ0) is 19.9. The standard InChI is InChI=1S/C20H17Cl2FN2O3/c21-14-4-3-13(6-16(14)23)28-8-12(26)7-19-9-20(10-19,11-19)25-18(27)17-15(22)2-1-5-24-17/h1-6H,7-11H2,(H,25,27). The van der Waals surface area contributed by atoms with Crippen molar-refractivity contribution in [2.45, 2.75) is 31.2 Å². The van der Waals surface area contributed by atoms with Crippen molar-refractivity contribution in [2.24, 2.45) is 5.41 Å². The molecule has 0 saturated heterocycles. The molecule has 0 spiro atoms. The number of carbonyl (C=O) groups excluding carboxylic acids is 2. The average molecular weight is 423 g/mol. The number of Topliss-reactive ketones (excluding diaryl/α,β-unsaturated/α-hetero) is 1. The van der Waals surface area contributed by atoms with E-state index in [2.05, 4.69) is 10.3 Å². The Morgan fingerprint density at radius 3 is 2.61 bits per heavy atom. The molecule has 2 aromatic rings. The molecule has 2 bridgehead atoms. The van der Waals surface area contributed by atoms with Crippen LogP contribution in [0.15, 0.2) is 36.5 Å². The van der Waals surface area contributed by atoms with Gasteiger partial charge in [-0.1, -0.05) is 23.2 Å². The third-order valence-corrected chi connectivity index (χ3v) is 5.97. The molecule has 1 heterocycles. The second-order valence-corrected chi connectivity index (χ2v) is 8.49. The summed E-state index contributed by atoms with van der Waals surface area (Å²) in [5, 5.41) is 3.32. The van der Waals surface area contributed by atoms with Gasteiger partial charge < -0.3 is 10.1 Å². The van der Waals surface area contributed by atoms with Crippen LogP contribution >= 0.6 is 23.2 Å². The summed E-state index contributed by atoms with van der Waals surface area (Å²) < 4.78 is 18.8. The monoisotopic (exact) mass is 422 g/mol. The largest absolute Gasteiger partial charge is 0.486 e. The summed E-state index contributed by atoms with van der Waals surface area (Å²) in [5.41, 5.74) is -0.131. The summed E-state index contributed by atoms with van der Waals surface area (Å²) in [6.07, 6.45) is 4.15. The number of ether oxygens (including phenoxy) is 1. The lowest BCUT2D eigenvalue weighted by Gasteiger charge is -2.70. The zero-order valence-electron chi connectivity index (χ0n) is 14.8. The minimum absolute atomic E-state index is 0.00637. The molecular weight excluding hydrogens is 406 g/mol. The van der Waals surface area contributed by atoms with Gasteiger partial charge in [-0.2, -0.15) is 0 Å². The van der Waals surface area contributed by atoms with Gasteiger partial charge in [0.2, 0.25) is 0 Å². The predicted molar refractivity (Wildman–Crippen MR) is 102 cm³/mol. The van der Waals surface area contributed by atoms with E-state index < -0.39 is 5.82 Å². The number of rotatable bonds is 7. The lowest BCUT2D eigenvalue weighted by Crippen LogP contribution is -2.75. The first-order chi connectivity index (χ1) is 13.3. The van der Waals surface area contributed by atoms with Crippen molar-refractivity contribution in [3.63, 3.8) is 0 Å². The minimum Gasteiger partial charge on any atom is -0.486 e. The van der Waals surface area contributed by atoms with Crippen LogP contribution in [-0.2, 0) is 4.79 Å². The van der Waals surface area contributed by atoms with E-state index in [4.69, 9.17) is 27.9 Å². The van der Waals surface area contributed by atoms with Crippen LogP contribution in [0.2, 0.25) is 10.0 Å². The number of ketones is 1. The Balaban J connectivity index is 1.25. The Morgan fingerprint density at radius 1 is 1.18 bits per heavy atom. The van der Waals surface area contributed by atoms with Crippen LogP contribution < -0.4 is 10.1 Å². The first-order valence-corrected chi connectivity index (χ1v) is 9.58. The van der Waals surface area contributed by atoms with E-state index in [1.165, 1.54) is 18.3 Å². The molecule has 0 radical (unpaired) electrons. The Kier molecular flexibility index (Phi) is 4.79. The van der Waals surface area contributed by atoms with Crippen molar-refractivity contribution < 1.29 is 18.7 Å². The van der Waals surface area contributed by atoms with Crippen molar-refractivity contribution in [1.82, 2.24) is 10.3 Å². The molecule has 28 heavy (non-hydrogen) atoms. The van der Waals surface area contributed by atoms with Gasteiger partial charge in [0.15, 0.2) is 5.78 Å². The predicted octanol–water partition coefficient (Wildman–Crippen LogP) is 4.22. The SMILES string of the molecule is O=C(COc1ccc(Cl)c(F)c1)CC12CC(NC(=O)c3ncccc3Cl)(C1)C2. The Bertz CT molecular complexity index is 946. The van der Waals surface area contributed by atoms with Gasteiger partial charge >= 0.3 is 0 Å². The maximum atomic E-state index is 13.4. The smallest absolute Gasteiger partial charge is 0.271 e. The first kappa shape index (κ1) is 19.2. The Labute approximate surface area is 171 Å². The molecule has 0 atom stereocenters. The second kappa shape index (κ2) is 7.01. The van der Waals surface area contributed by atoms with E-state index in [1.807, 2.05) is 0 Å². The molecule has 1 amide bonds. The molecule has 1 N–H and O–H groups in total. The van der Waals surface area contributed by atoms with Crippen LogP contribution in [0, 0.1) is 11.2 Å². The third-order valence-electron chi connectivity index (χ3n) is 5.36. The number of hydrogen-bond donors (Lipinski definition) is 1. The number of aromatic nitrogens is 1. The first-order valence-electron chi connectivity index (χ1n) is 8.83. The highest BCUT2D eigenvalue weighted by Gasteiger charge is 2.68. The van der Waals surface area contributed by atoms with Gasteiger partial charge in [0.05, 0.1) is 10.0 Å². The van der Waals surface area contributed by atoms with E-state index in [0.29, 0.717) is 11.4 Å². The lowest BCUT2D eigenvalue weighted by molar-refractivity contribution is -0.162. The normalized spacial score (nSPS) is 24.7. The van der Waals surface area contributed by atoms with Crippen molar-refractivity contribution in [3.05, 3.63) is 58.1 Å². The van der Waals surface area contributed by atoms with E-state index >= 15 is 0 Å². The molecule has 8 heteroatoms. The summed E-state index contributed by atoms with van der Waals surface area (Å²) in [7, 11) is 0. The van der Waals surface area contributed by atoms with Crippen LogP contribution in [0.25, 0.3) is 0 Å². The molecule has 0 unspecified atom stereocenters. The number of amides is 1. The van der Waals surface area contributed by atoms with Crippen molar-refractivity contribution >= 4 is 34.9 Å². The van der Waals surface area contributed by atoms with Crippen LogP contribution in [0.4, 0.5) is 4.39 Å². The molecule has 3 saturated carbocycles. The fourth-order valence-corrected chi connectivity index (χ4v) is 4.70. The van der Waals surface area contributed by atoms with Crippen molar-refractivity contribution in [1.29, 1.82) is 0 Å². The van der Waals surface area contributed by atoms with Gasteiger partial charge in [-0.3, -0.25) is 9.59 Å². The summed E-state index contributed by atoms with van der Waals surface area (Å²) in [6.45, 7) is -0.119. The maximum Gasteiger partial charge on any atom is 0.271 e. The van der Waals surface area contributed by atoms with E-state index in [0.717, 1.165) is 25.3 Å². The molecule has 0 aliphatic heterocycles. The number of carbonyl (C=O) groups is 2. The van der Waals surface area contributed by atoms with Crippen LogP contribution in [0.1, 0.15) is 36.2 Å². The summed E-state index contributed by atoms with van der Waals surface area (Å²) in [6, 6.07) is 7.36. The molecule has 5 nitrogen and oxygen atoms in total. The van der Waals surface area contributed by atoms with Crippen molar-refractivity contribution in [2.75, 3.05) is 6.61 Å². The average Bonchev–Trinajstić information content (AvgIpc) is 2.60. The number of benzene rings is 1. The number of pyridine rings is 1. The van der Waals surface area contributed by atoms with Gasteiger partial charge in [-0.25, -0.2) is 9.37 Å². The molecule has 3 fully saturated rings. The highest BCUT2D eigenvalue weighted by molar-refractivity contribution is 6.33. The number of halogens is 3. The maximum absolute atomic E-state index is 13.4. The van der Waals surface area contributed by atoms with E-state index in [-0.39, 0.29) is 45.7 Å². The number of nitrogens with one attached hydrogen (secondary N) is 1. The molecule has 146 valence electrons. The van der Waals surface area contributed by atoms with Crippen LogP contribution in [0.3, 0.4) is 0 Å². The van der Waals surface area contributed by atoms with Crippen LogP contribution in [-0.4, -0.2) is 28.8 Å². The van der Waals surface area contributed by atoms with Gasteiger partial charge in [-0.05, 0) is 48.9 Å². The Hall–Kier alpha value is -2.18. The minimum atomic E-state index is -0.586. The number of hydrogen-bond acceptors (Lipinski definition) is 4. The van der Waals surface area contributed by atoms with E-state index in [1.54, 1.807) is 12.1 Å². The quantitative estimate of drug-likeness (QED) is 0.724. The third kappa shape index (κ3) is 3.59.